The second-order valence-electron chi connectivity index (χ2n) is 6.04. The summed E-state index contributed by atoms with van der Waals surface area (Å²) in [6.07, 6.45) is 0.656. The van der Waals surface area contributed by atoms with Crippen molar-refractivity contribution >= 4 is 17.5 Å². The third kappa shape index (κ3) is 4.82. The van der Waals surface area contributed by atoms with Crippen LogP contribution < -0.4 is 9.47 Å². The molecule has 6 nitrogen and oxygen atoms in total. The van der Waals surface area contributed by atoms with Crippen LogP contribution in [0.25, 0.3) is 0 Å². The van der Waals surface area contributed by atoms with Gasteiger partial charge in [0.05, 0.1) is 6.54 Å². The molecule has 0 aliphatic carbocycles. The Labute approximate surface area is 151 Å². The Kier molecular flexibility index (Phi) is 5.38. The molecule has 1 atom stereocenters. The first-order valence-electron chi connectivity index (χ1n) is 8.14. The molecule has 0 spiro atoms. The van der Waals surface area contributed by atoms with Gasteiger partial charge in [-0.2, -0.15) is 0 Å². The van der Waals surface area contributed by atoms with Crippen molar-refractivity contribution in [2.75, 3.05) is 19.7 Å². The number of nitrogens with zero attached hydrogens (tertiary/aromatic N) is 3. The Bertz CT molecular complexity index is 731. The zero-order valence-electron chi connectivity index (χ0n) is 14.2. The van der Waals surface area contributed by atoms with Crippen LogP contribution in [0, 0.1) is 13.8 Å². The molecular formula is C18H20ClN3O3. The van der Waals surface area contributed by atoms with E-state index in [1.807, 2.05) is 19.9 Å². The van der Waals surface area contributed by atoms with Crippen LogP contribution in [0.1, 0.15) is 17.8 Å². The number of amides is 1. The molecule has 132 valence electrons. The maximum Gasteiger partial charge on any atom is 0.317 e. The fourth-order valence-corrected chi connectivity index (χ4v) is 2.84. The summed E-state index contributed by atoms with van der Waals surface area (Å²) >= 11 is 5.83. The number of aromatic nitrogens is 2. The molecule has 1 aromatic heterocycles. The van der Waals surface area contributed by atoms with Gasteiger partial charge < -0.3 is 14.4 Å². The van der Waals surface area contributed by atoms with E-state index in [9.17, 15) is 4.79 Å². The normalized spacial score (nSPS) is 16.8. The summed E-state index contributed by atoms with van der Waals surface area (Å²) < 4.78 is 11.3. The van der Waals surface area contributed by atoms with Crippen molar-refractivity contribution in [3.63, 3.8) is 0 Å². The van der Waals surface area contributed by atoms with Gasteiger partial charge in [-0.05, 0) is 44.2 Å². The van der Waals surface area contributed by atoms with Crippen LogP contribution in [0.2, 0.25) is 5.02 Å². The maximum absolute atomic E-state index is 12.3. The second-order valence-corrected chi connectivity index (χ2v) is 6.48. The molecule has 2 heterocycles. The number of likely N-dealkylation sites (tertiary alicyclic amines) is 1. The van der Waals surface area contributed by atoms with Crippen molar-refractivity contribution in [3.05, 3.63) is 46.7 Å². The Hall–Kier alpha value is -2.34. The summed E-state index contributed by atoms with van der Waals surface area (Å²) in [4.78, 5) is 22.6. The van der Waals surface area contributed by atoms with E-state index in [1.54, 1.807) is 29.2 Å². The SMILES string of the molecule is Cc1cc(C)nc(O[C@@H]2CCN(C(=O)COc3ccc(Cl)cc3)C2)n1. The van der Waals surface area contributed by atoms with Crippen molar-refractivity contribution in [2.24, 2.45) is 0 Å². The number of hydrogen-bond donors (Lipinski definition) is 0. The van der Waals surface area contributed by atoms with Gasteiger partial charge >= 0.3 is 6.01 Å². The molecule has 1 aromatic carbocycles. The molecule has 25 heavy (non-hydrogen) atoms. The molecule has 7 heteroatoms. The van der Waals surface area contributed by atoms with Crippen molar-refractivity contribution in [1.82, 2.24) is 14.9 Å². The lowest BCUT2D eigenvalue weighted by molar-refractivity contribution is -0.132. The molecule has 1 amide bonds. The number of carbonyl (C=O) groups excluding carboxylic acids is 1. The number of benzene rings is 1. The van der Waals surface area contributed by atoms with Crippen molar-refractivity contribution in [1.29, 1.82) is 0 Å². The molecule has 0 unspecified atom stereocenters. The highest BCUT2D eigenvalue weighted by atomic mass is 35.5. The fraction of sp³-hybridized carbons (Fsp3) is 0.389. The molecule has 2 aromatic rings. The first-order chi connectivity index (χ1) is 12.0. The van der Waals surface area contributed by atoms with Crippen LogP contribution >= 0.6 is 11.6 Å². The summed E-state index contributed by atoms with van der Waals surface area (Å²) in [7, 11) is 0. The molecular weight excluding hydrogens is 342 g/mol. The van der Waals surface area contributed by atoms with Gasteiger partial charge in [-0.25, -0.2) is 9.97 Å². The predicted octanol–water partition coefficient (Wildman–Crippen LogP) is 2.81. The number of aryl methyl sites for hydroxylation is 2. The summed E-state index contributed by atoms with van der Waals surface area (Å²) in [5.74, 6) is 0.552. The minimum atomic E-state index is -0.0966. The molecule has 1 aliphatic heterocycles. The molecule has 1 aliphatic rings. The lowest BCUT2D eigenvalue weighted by atomic mass is 10.3. The molecule has 1 saturated heterocycles. The van der Waals surface area contributed by atoms with E-state index in [0.29, 0.717) is 29.9 Å². The lowest BCUT2D eigenvalue weighted by Crippen LogP contribution is -2.34. The number of rotatable bonds is 5. The quantitative estimate of drug-likeness (QED) is 0.819. The molecule has 3 rings (SSSR count). The summed E-state index contributed by atoms with van der Waals surface area (Å²) in [5, 5.41) is 0.631. The number of halogens is 1. The smallest absolute Gasteiger partial charge is 0.317 e. The van der Waals surface area contributed by atoms with E-state index in [-0.39, 0.29) is 18.6 Å². The Morgan fingerprint density at radius 3 is 2.60 bits per heavy atom. The fourth-order valence-electron chi connectivity index (χ4n) is 2.71. The monoisotopic (exact) mass is 361 g/mol. The van der Waals surface area contributed by atoms with E-state index in [4.69, 9.17) is 21.1 Å². The van der Waals surface area contributed by atoms with Crippen LogP contribution in [-0.4, -0.2) is 46.6 Å². The first-order valence-corrected chi connectivity index (χ1v) is 8.52. The highest BCUT2D eigenvalue weighted by Gasteiger charge is 2.28. The molecule has 0 saturated carbocycles. The number of carbonyl (C=O) groups is 1. The van der Waals surface area contributed by atoms with E-state index < -0.39 is 0 Å². The first kappa shape index (κ1) is 17.5. The number of ether oxygens (including phenoxy) is 2. The molecule has 1 fully saturated rings. The van der Waals surface area contributed by atoms with Gasteiger partial charge in [0.2, 0.25) is 0 Å². The van der Waals surface area contributed by atoms with E-state index >= 15 is 0 Å². The minimum absolute atomic E-state index is 0.00555. The van der Waals surface area contributed by atoms with Gasteiger partial charge in [0.1, 0.15) is 11.9 Å². The highest BCUT2D eigenvalue weighted by Crippen LogP contribution is 2.18. The standard InChI is InChI=1S/C18H20ClN3O3/c1-12-9-13(2)21-18(20-12)25-16-7-8-22(10-16)17(23)11-24-15-5-3-14(19)4-6-15/h3-6,9,16H,7-8,10-11H2,1-2H3/t16-/m1/s1. The maximum atomic E-state index is 12.3. The van der Waals surface area contributed by atoms with Crippen LogP contribution in [0.15, 0.2) is 30.3 Å². The van der Waals surface area contributed by atoms with Gasteiger partial charge in [-0.1, -0.05) is 11.6 Å². The van der Waals surface area contributed by atoms with Crippen molar-refractivity contribution < 1.29 is 14.3 Å². The van der Waals surface area contributed by atoms with E-state index in [2.05, 4.69) is 9.97 Å². The van der Waals surface area contributed by atoms with Gasteiger partial charge in [0, 0.05) is 29.4 Å². The highest BCUT2D eigenvalue weighted by molar-refractivity contribution is 6.30. The third-order valence-corrected chi connectivity index (χ3v) is 4.16. The van der Waals surface area contributed by atoms with Gasteiger partial charge in [-0.3, -0.25) is 4.79 Å². The summed E-state index contributed by atoms with van der Waals surface area (Å²) in [6.45, 7) is 4.95. The topological polar surface area (TPSA) is 64.5 Å². The van der Waals surface area contributed by atoms with Crippen molar-refractivity contribution in [3.8, 4) is 11.8 Å². The molecule has 0 bridgehead atoms. The minimum Gasteiger partial charge on any atom is -0.484 e. The predicted molar refractivity (Wildman–Crippen MR) is 94.1 cm³/mol. The zero-order chi connectivity index (χ0) is 17.8. The van der Waals surface area contributed by atoms with Crippen LogP contribution in [0.5, 0.6) is 11.8 Å². The Balaban J connectivity index is 1.49. The largest absolute Gasteiger partial charge is 0.484 e. The lowest BCUT2D eigenvalue weighted by Gasteiger charge is -2.17. The third-order valence-electron chi connectivity index (χ3n) is 3.91. The molecule has 0 N–H and O–H groups in total. The van der Waals surface area contributed by atoms with E-state index in [0.717, 1.165) is 17.8 Å². The average molecular weight is 362 g/mol. The summed E-state index contributed by atoms with van der Waals surface area (Å²) in [5.41, 5.74) is 1.73. The van der Waals surface area contributed by atoms with Gasteiger partial charge in [0.15, 0.2) is 6.61 Å². The van der Waals surface area contributed by atoms with E-state index in [1.165, 1.54) is 0 Å². The Morgan fingerprint density at radius 1 is 1.24 bits per heavy atom. The van der Waals surface area contributed by atoms with Crippen LogP contribution in [0.3, 0.4) is 0 Å². The molecule has 0 radical (unpaired) electrons. The number of hydrogen-bond acceptors (Lipinski definition) is 5. The van der Waals surface area contributed by atoms with Gasteiger partial charge in [0.25, 0.3) is 5.91 Å². The van der Waals surface area contributed by atoms with Crippen LogP contribution in [0.4, 0.5) is 0 Å². The zero-order valence-corrected chi connectivity index (χ0v) is 15.0. The van der Waals surface area contributed by atoms with Crippen molar-refractivity contribution in [2.45, 2.75) is 26.4 Å². The van der Waals surface area contributed by atoms with Gasteiger partial charge in [-0.15, -0.1) is 0 Å². The average Bonchev–Trinajstić information content (AvgIpc) is 3.01. The Morgan fingerprint density at radius 2 is 1.92 bits per heavy atom. The second kappa shape index (κ2) is 7.70. The van der Waals surface area contributed by atoms with Crippen LogP contribution in [-0.2, 0) is 4.79 Å². The summed E-state index contributed by atoms with van der Waals surface area (Å²) in [6, 6.07) is 9.20.